The molecule has 0 radical (unpaired) electrons. The number of imidazole rings is 1. The predicted molar refractivity (Wildman–Crippen MR) is 86.9 cm³/mol. The van der Waals surface area contributed by atoms with E-state index in [1.807, 2.05) is 30.3 Å². The number of aromatic nitrogens is 2. The van der Waals surface area contributed by atoms with Gasteiger partial charge in [-0.05, 0) is 36.6 Å². The van der Waals surface area contributed by atoms with Crippen molar-refractivity contribution in [1.82, 2.24) is 9.55 Å². The van der Waals surface area contributed by atoms with Crippen LogP contribution >= 0.6 is 11.6 Å². The van der Waals surface area contributed by atoms with Gasteiger partial charge in [-0.3, -0.25) is 0 Å². The van der Waals surface area contributed by atoms with Gasteiger partial charge in [0.2, 0.25) is 5.88 Å². The van der Waals surface area contributed by atoms with Crippen molar-refractivity contribution in [2.24, 2.45) is 0 Å². The molecule has 0 saturated heterocycles. The first-order valence-electron chi connectivity index (χ1n) is 6.98. The summed E-state index contributed by atoms with van der Waals surface area (Å²) in [6, 6.07) is 16.7. The number of nitrogens with zero attached hydrogens (tertiary/aromatic N) is 1. The number of H-pyrrole nitrogens is 1. The summed E-state index contributed by atoms with van der Waals surface area (Å²) in [7, 11) is 0. The van der Waals surface area contributed by atoms with Crippen molar-refractivity contribution in [3.63, 3.8) is 0 Å². The number of aromatic hydroxyl groups is 1. The number of benzene rings is 2. The van der Waals surface area contributed by atoms with E-state index in [0.29, 0.717) is 22.8 Å². The van der Waals surface area contributed by atoms with Gasteiger partial charge >= 0.3 is 5.69 Å². The summed E-state index contributed by atoms with van der Waals surface area (Å²) in [6.07, 6.45) is 1.29. The molecule has 3 aromatic rings. The third kappa shape index (κ3) is 2.92. The van der Waals surface area contributed by atoms with Gasteiger partial charge < -0.3 is 10.1 Å². The maximum atomic E-state index is 12.1. The summed E-state index contributed by atoms with van der Waals surface area (Å²) >= 11 is 5.94. The first-order chi connectivity index (χ1) is 10.6. The van der Waals surface area contributed by atoms with E-state index >= 15 is 0 Å². The zero-order chi connectivity index (χ0) is 15.5. The molecular weight excluding hydrogens is 300 g/mol. The second-order valence-corrected chi connectivity index (χ2v) is 5.47. The molecule has 0 unspecified atom stereocenters. The van der Waals surface area contributed by atoms with E-state index in [2.05, 4.69) is 4.98 Å². The molecule has 0 bridgehead atoms. The Morgan fingerprint density at radius 3 is 2.55 bits per heavy atom. The zero-order valence-electron chi connectivity index (χ0n) is 11.8. The molecule has 2 N–H and O–H groups in total. The zero-order valence-corrected chi connectivity index (χ0v) is 12.5. The van der Waals surface area contributed by atoms with Gasteiger partial charge in [0.15, 0.2) is 0 Å². The minimum atomic E-state index is -0.372. The second-order valence-electron chi connectivity index (χ2n) is 5.03. The maximum absolute atomic E-state index is 12.1. The van der Waals surface area contributed by atoms with Crippen LogP contribution in [0.5, 0.6) is 5.88 Å². The van der Waals surface area contributed by atoms with Gasteiger partial charge in [-0.2, -0.15) is 0 Å². The minimum absolute atomic E-state index is 0.0665. The van der Waals surface area contributed by atoms with Crippen molar-refractivity contribution in [3.05, 3.63) is 81.4 Å². The molecule has 0 fully saturated rings. The van der Waals surface area contributed by atoms with Crippen molar-refractivity contribution in [3.8, 4) is 11.6 Å². The lowest BCUT2D eigenvalue weighted by molar-refractivity contribution is 0.434. The lowest BCUT2D eigenvalue weighted by Crippen LogP contribution is -2.14. The van der Waals surface area contributed by atoms with Crippen LogP contribution in [-0.4, -0.2) is 14.7 Å². The Bertz CT molecular complexity index is 837. The molecule has 1 heterocycles. The summed E-state index contributed by atoms with van der Waals surface area (Å²) < 4.78 is 1.23. The summed E-state index contributed by atoms with van der Waals surface area (Å²) in [5, 5.41) is 10.8. The summed E-state index contributed by atoms with van der Waals surface area (Å²) in [4.78, 5) is 14.8. The summed E-state index contributed by atoms with van der Waals surface area (Å²) in [5.74, 6) is -0.0665. The Morgan fingerprint density at radius 1 is 1.05 bits per heavy atom. The molecule has 4 nitrogen and oxygen atoms in total. The van der Waals surface area contributed by atoms with E-state index in [1.54, 1.807) is 24.3 Å². The van der Waals surface area contributed by atoms with Crippen molar-refractivity contribution in [2.45, 2.75) is 12.8 Å². The monoisotopic (exact) mass is 314 g/mol. The van der Waals surface area contributed by atoms with Crippen LogP contribution in [-0.2, 0) is 12.8 Å². The van der Waals surface area contributed by atoms with Crippen LogP contribution in [0.1, 0.15) is 11.3 Å². The van der Waals surface area contributed by atoms with E-state index in [0.717, 1.165) is 12.0 Å². The number of hydrogen-bond acceptors (Lipinski definition) is 2. The highest BCUT2D eigenvalue weighted by Gasteiger charge is 2.14. The largest absolute Gasteiger partial charge is 0.493 e. The van der Waals surface area contributed by atoms with Gasteiger partial charge in [0.05, 0.1) is 11.4 Å². The van der Waals surface area contributed by atoms with Gasteiger partial charge in [0.25, 0.3) is 0 Å². The van der Waals surface area contributed by atoms with E-state index in [4.69, 9.17) is 11.6 Å². The lowest BCUT2D eigenvalue weighted by atomic mass is 10.1. The molecular formula is C17H15ClN2O2. The van der Waals surface area contributed by atoms with Crippen LogP contribution in [0.2, 0.25) is 5.02 Å². The third-order valence-electron chi connectivity index (χ3n) is 3.52. The van der Waals surface area contributed by atoms with E-state index < -0.39 is 0 Å². The maximum Gasteiger partial charge on any atom is 0.333 e. The SMILES string of the molecule is O=c1[nH]c(CCc2ccccc2)c(O)n1-c1cccc(Cl)c1. The fourth-order valence-corrected chi connectivity index (χ4v) is 2.60. The summed E-state index contributed by atoms with van der Waals surface area (Å²) in [5.41, 5.74) is 1.84. The van der Waals surface area contributed by atoms with Crippen molar-refractivity contribution < 1.29 is 5.11 Å². The molecule has 0 aliphatic carbocycles. The molecule has 22 heavy (non-hydrogen) atoms. The minimum Gasteiger partial charge on any atom is -0.493 e. The number of aromatic amines is 1. The Morgan fingerprint density at radius 2 is 1.82 bits per heavy atom. The molecule has 112 valence electrons. The molecule has 1 aromatic heterocycles. The van der Waals surface area contributed by atoms with Crippen LogP contribution in [0.25, 0.3) is 5.69 Å². The van der Waals surface area contributed by atoms with E-state index in [-0.39, 0.29) is 11.6 Å². The van der Waals surface area contributed by atoms with Crippen LogP contribution in [0, 0.1) is 0 Å². The molecule has 0 aliphatic rings. The Hall–Kier alpha value is -2.46. The Kier molecular flexibility index (Phi) is 4.02. The quantitative estimate of drug-likeness (QED) is 0.776. The number of hydrogen-bond donors (Lipinski definition) is 2. The van der Waals surface area contributed by atoms with Gasteiger partial charge in [-0.15, -0.1) is 0 Å². The van der Waals surface area contributed by atoms with Crippen molar-refractivity contribution in [1.29, 1.82) is 0 Å². The Labute approximate surface area is 132 Å². The molecule has 0 saturated carbocycles. The average Bonchev–Trinajstić information content (AvgIpc) is 2.80. The molecule has 0 atom stereocenters. The van der Waals surface area contributed by atoms with Crippen LogP contribution in [0.4, 0.5) is 0 Å². The number of aryl methyl sites for hydroxylation is 2. The highest BCUT2D eigenvalue weighted by Crippen LogP contribution is 2.21. The molecule has 3 rings (SSSR count). The van der Waals surface area contributed by atoms with Crippen LogP contribution < -0.4 is 5.69 Å². The topological polar surface area (TPSA) is 58.0 Å². The molecule has 5 heteroatoms. The highest BCUT2D eigenvalue weighted by molar-refractivity contribution is 6.30. The molecule has 0 aliphatic heterocycles. The highest BCUT2D eigenvalue weighted by atomic mass is 35.5. The molecule has 2 aromatic carbocycles. The smallest absolute Gasteiger partial charge is 0.333 e. The molecule has 0 amide bonds. The first kappa shape index (κ1) is 14.5. The number of rotatable bonds is 4. The van der Waals surface area contributed by atoms with Crippen LogP contribution in [0.3, 0.4) is 0 Å². The normalized spacial score (nSPS) is 10.8. The Balaban J connectivity index is 1.89. The number of nitrogens with one attached hydrogen (secondary N) is 1. The van der Waals surface area contributed by atoms with Crippen molar-refractivity contribution >= 4 is 11.6 Å². The molecule has 0 spiro atoms. The standard InChI is InChI=1S/C17H15ClN2O2/c18-13-7-4-8-14(11-13)20-16(21)15(19-17(20)22)10-9-12-5-2-1-3-6-12/h1-8,11,21H,9-10H2,(H,19,22). The van der Waals surface area contributed by atoms with Crippen molar-refractivity contribution in [2.75, 3.05) is 0 Å². The van der Waals surface area contributed by atoms with Crippen LogP contribution in [0.15, 0.2) is 59.4 Å². The number of halogens is 1. The first-order valence-corrected chi connectivity index (χ1v) is 7.35. The fourth-order valence-electron chi connectivity index (χ4n) is 2.42. The van der Waals surface area contributed by atoms with Gasteiger partial charge in [-0.25, -0.2) is 9.36 Å². The third-order valence-corrected chi connectivity index (χ3v) is 3.75. The van der Waals surface area contributed by atoms with E-state index in [1.165, 1.54) is 4.57 Å². The lowest BCUT2D eigenvalue weighted by Gasteiger charge is -2.04. The van der Waals surface area contributed by atoms with E-state index in [9.17, 15) is 9.90 Å². The average molecular weight is 315 g/mol. The van der Waals surface area contributed by atoms with Gasteiger partial charge in [-0.1, -0.05) is 48.0 Å². The van der Waals surface area contributed by atoms with Gasteiger partial charge in [0, 0.05) is 5.02 Å². The predicted octanol–water partition coefficient (Wildman–Crippen LogP) is 3.31. The van der Waals surface area contributed by atoms with Gasteiger partial charge in [0.1, 0.15) is 0 Å². The summed E-state index contributed by atoms with van der Waals surface area (Å²) in [6.45, 7) is 0. The fraction of sp³-hybridized carbons (Fsp3) is 0.118. The second kappa shape index (κ2) is 6.12.